The summed E-state index contributed by atoms with van der Waals surface area (Å²) in [5, 5.41) is 3.47. The maximum Gasteiger partial charge on any atom is 0.244 e. The van der Waals surface area contributed by atoms with E-state index in [1.54, 1.807) is 56.3 Å². The summed E-state index contributed by atoms with van der Waals surface area (Å²) in [4.78, 5) is 27.6. The van der Waals surface area contributed by atoms with Crippen LogP contribution in [0.3, 0.4) is 0 Å². The van der Waals surface area contributed by atoms with E-state index in [1.807, 2.05) is 13.8 Å². The van der Waals surface area contributed by atoms with Crippen LogP contribution in [0.25, 0.3) is 0 Å². The van der Waals surface area contributed by atoms with E-state index in [1.165, 1.54) is 4.90 Å². The third-order valence-electron chi connectivity index (χ3n) is 5.05. The highest BCUT2D eigenvalue weighted by Gasteiger charge is 2.31. The van der Waals surface area contributed by atoms with Gasteiger partial charge in [0.1, 0.15) is 12.6 Å². The molecule has 2 amide bonds. The zero-order valence-corrected chi connectivity index (χ0v) is 21.6. The number of halogens is 2. The summed E-state index contributed by atoms with van der Waals surface area (Å²) in [5.74, 6) is -0.936. The molecule has 0 fully saturated rings. The van der Waals surface area contributed by atoms with Gasteiger partial charge in [-0.05, 0) is 51.5 Å². The molecule has 1 atom stereocenters. The van der Waals surface area contributed by atoms with Crippen molar-refractivity contribution in [2.45, 2.75) is 46.3 Å². The molecule has 0 aliphatic rings. The predicted molar refractivity (Wildman–Crippen MR) is 133 cm³/mol. The number of aryl methyl sites for hydroxylation is 1. The number of carbonyl (C=O) groups excluding carboxylic acids is 2. The van der Waals surface area contributed by atoms with E-state index in [4.69, 9.17) is 23.2 Å². The minimum absolute atomic E-state index is 0.0601. The Morgan fingerprint density at radius 3 is 2.09 bits per heavy atom. The second-order valence-corrected chi connectivity index (χ2v) is 10.8. The molecule has 2 aromatic carbocycles. The molecular formula is C23H29Cl2N3O4S. The lowest BCUT2D eigenvalue weighted by molar-refractivity contribution is -0.139. The van der Waals surface area contributed by atoms with Crippen LogP contribution >= 0.6 is 23.2 Å². The van der Waals surface area contributed by atoms with Crippen molar-refractivity contribution < 1.29 is 18.0 Å². The lowest BCUT2D eigenvalue weighted by atomic mass is 10.1. The molecule has 2 aromatic rings. The van der Waals surface area contributed by atoms with E-state index in [0.717, 1.165) is 10.6 Å². The number of rotatable bonds is 9. The predicted octanol–water partition coefficient (Wildman–Crippen LogP) is 4.01. The van der Waals surface area contributed by atoms with Crippen LogP contribution in [0.5, 0.6) is 0 Å². The first-order valence-electron chi connectivity index (χ1n) is 10.4. The SMILES string of the molecule is Cc1ccccc1N(CC(=O)N(Cc1c(Cl)cccc1Cl)[C@@H](C)C(=O)NC(C)C)S(C)(=O)=O. The number of para-hydroxylation sites is 1. The largest absolute Gasteiger partial charge is 0.352 e. The van der Waals surface area contributed by atoms with Gasteiger partial charge in [-0.3, -0.25) is 13.9 Å². The van der Waals surface area contributed by atoms with Gasteiger partial charge in [0.15, 0.2) is 0 Å². The van der Waals surface area contributed by atoms with Gasteiger partial charge in [-0.15, -0.1) is 0 Å². The Bertz CT molecular complexity index is 1100. The Hall–Kier alpha value is -2.29. The first-order valence-corrected chi connectivity index (χ1v) is 13.0. The molecule has 10 heteroatoms. The zero-order valence-electron chi connectivity index (χ0n) is 19.3. The van der Waals surface area contributed by atoms with Crippen LogP contribution in [-0.4, -0.2) is 50.0 Å². The summed E-state index contributed by atoms with van der Waals surface area (Å²) in [6, 6.07) is 10.8. The fraction of sp³-hybridized carbons (Fsp3) is 0.391. The van der Waals surface area contributed by atoms with Gasteiger partial charge in [-0.1, -0.05) is 47.5 Å². The first kappa shape index (κ1) is 27.0. The Labute approximate surface area is 205 Å². The van der Waals surface area contributed by atoms with Gasteiger partial charge in [-0.25, -0.2) is 8.42 Å². The molecule has 0 aromatic heterocycles. The van der Waals surface area contributed by atoms with Gasteiger partial charge in [0.25, 0.3) is 0 Å². The minimum atomic E-state index is -3.79. The summed E-state index contributed by atoms with van der Waals surface area (Å²) in [6.07, 6.45) is 1.04. The third-order valence-corrected chi connectivity index (χ3v) is 6.89. The molecule has 0 spiro atoms. The molecule has 0 unspecified atom stereocenters. The topological polar surface area (TPSA) is 86.8 Å². The lowest BCUT2D eigenvalue weighted by Crippen LogP contribution is -2.52. The smallest absolute Gasteiger partial charge is 0.244 e. The second-order valence-electron chi connectivity index (χ2n) is 8.12. The van der Waals surface area contributed by atoms with Crippen molar-refractivity contribution in [3.63, 3.8) is 0 Å². The standard InChI is InChI=1S/C23H29Cl2N3O4S/c1-15(2)26-23(30)17(4)27(13-18-19(24)10-8-11-20(18)25)22(29)14-28(33(5,31)32)21-12-7-6-9-16(21)3/h6-12,15,17H,13-14H2,1-5H3,(H,26,30)/t17-/m0/s1. The van der Waals surface area contributed by atoms with Crippen LogP contribution in [0.2, 0.25) is 10.0 Å². The number of hydrogen-bond acceptors (Lipinski definition) is 4. The minimum Gasteiger partial charge on any atom is -0.352 e. The molecule has 180 valence electrons. The molecule has 2 rings (SSSR count). The van der Waals surface area contributed by atoms with Gasteiger partial charge < -0.3 is 10.2 Å². The van der Waals surface area contributed by atoms with Crippen molar-refractivity contribution in [2.24, 2.45) is 0 Å². The van der Waals surface area contributed by atoms with Crippen molar-refractivity contribution in [3.8, 4) is 0 Å². The number of amides is 2. The van der Waals surface area contributed by atoms with Crippen LogP contribution in [0.1, 0.15) is 31.9 Å². The van der Waals surface area contributed by atoms with E-state index in [2.05, 4.69) is 5.32 Å². The molecule has 1 N–H and O–H groups in total. The summed E-state index contributed by atoms with van der Waals surface area (Å²) in [6.45, 7) is 6.42. The van der Waals surface area contributed by atoms with Gasteiger partial charge in [0.05, 0.1) is 11.9 Å². The fourth-order valence-corrected chi connectivity index (χ4v) is 4.70. The highest BCUT2D eigenvalue weighted by Crippen LogP contribution is 2.27. The summed E-state index contributed by atoms with van der Waals surface area (Å²) >= 11 is 12.6. The number of nitrogens with zero attached hydrogens (tertiary/aromatic N) is 2. The van der Waals surface area contributed by atoms with Crippen LogP contribution in [0.15, 0.2) is 42.5 Å². The van der Waals surface area contributed by atoms with Gasteiger partial charge in [-0.2, -0.15) is 0 Å². The molecule has 0 heterocycles. The highest BCUT2D eigenvalue weighted by molar-refractivity contribution is 7.92. The molecule has 0 aliphatic carbocycles. The van der Waals surface area contributed by atoms with E-state index in [0.29, 0.717) is 26.9 Å². The monoisotopic (exact) mass is 513 g/mol. The maximum atomic E-state index is 13.5. The molecule has 0 radical (unpaired) electrons. The van der Waals surface area contributed by atoms with E-state index < -0.39 is 28.5 Å². The number of nitrogens with one attached hydrogen (secondary N) is 1. The lowest BCUT2D eigenvalue weighted by Gasteiger charge is -2.32. The van der Waals surface area contributed by atoms with Crippen LogP contribution in [0, 0.1) is 6.92 Å². The fourth-order valence-electron chi connectivity index (χ4n) is 3.28. The van der Waals surface area contributed by atoms with Crippen molar-refractivity contribution in [1.82, 2.24) is 10.2 Å². The number of anilines is 1. The van der Waals surface area contributed by atoms with Crippen LogP contribution < -0.4 is 9.62 Å². The van der Waals surface area contributed by atoms with Gasteiger partial charge in [0, 0.05) is 28.2 Å². The number of hydrogen-bond donors (Lipinski definition) is 1. The van der Waals surface area contributed by atoms with E-state index in [-0.39, 0.29) is 18.5 Å². The third kappa shape index (κ3) is 7.09. The van der Waals surface area contributed by atoms with Crippen molar-refractivity contribution in [2.75, 3.05) is 17.1 Å². The van der Waals surface area contributed by atoms with Crippen molar-refractivity contribution in [3.05, 3.63) is 63.6 Å². The molecule has 0 saturated heterocycles. The summed E-state index contributed by atoms with van der Waals surface area (Å²) in [7, 11) is -3.79. The van der Waals surface area contributed by atoms with Crippen molar-refractivity contribution in [1.29, 1.82) is 0 Å². The second kappa shape index (κ2) is 11.2. The molecule has 0 aliphatic heterocycles. The van der Waals surface area contributed by atoms with Crippen LogP contribution in [-0.2, 0) is 26.2 Å². The van der Waals surface area contributed by atoms with Gasteiger partial charge >= 0.3 is 0 Å². The number of sulfonamides is 1. The molecule has 0 saturated carbocycles. The Balaban J connectivity index is 2.47. The average molecular weight is 514 g/mol. The quantitative estimate of drug-likeness (QED) is 0.548. The molecular weight excluding hydrogens is 485 g/mol. The first-order chi connectivity index (χ1) is 15.3. The average Bonchev–Trinajstić information content (AvgIpc) is 2.70. The van der Waals surface area contributed by atoms with Crippen molar-refractivity contribution >= 4 is 50.7 Å². The Kier molecular flexibility index (Phi) is 9.17. The zero-order chi connectivity index (χ0) is 24.9. The number of benzene rings is 2. The highest BCUT2D eigenvalue weighted by atomic mass is 35.5. The summed E-state index contributed by atoms with van der Waals surface area (Å²) in [5.41, 5.74) is 1.56. The van der Waals surface area contributed by atoms with E-state index >= 15 is 0 Å². The Morgan fingerprint density at radius 1 is 1.00 bits per heavy atom. The normalized spacial score (nSPS) is 12.4. The van der Waals surface area contributed by atoms with E-state index in [9.17, 15) is 18.0 Å². The molecule has 0 bridgehead atoms. The molecule has 7 nitrogen and oxygen atoms in total. The summed E-state index contributed by atoms with van der Waals surface area (Å²) < 4.78 is 26.2. The molecule has 33 heavy (non-hydrogen) atoms. The number of carbonyl (C=O) groups is 2. The maximum absolute atomic E-state index is 13.5. The Morgan fingerprint density at radius 2 is 1.58 bits per heavy atom. The van der Waals surface area contributed by atoms with Crippen LogP contribution in [0.4, 0.5) is 5.69 Å². The van der Waals surface area contributed by atoms with Gasteiger partial charge in [0.2, 0.25) is 21.8 Å².